The number of hydrogen-bond donors (Lipinski definition) is 2. The van der Waals surface area contributed by atoms with Crippen molar-refractivity contribution in [2.75, 3.05) is 44.3 Å². The van der Waals surface area contributed by atoms with E-state index >= 15 is 4.39 Å². The van der Waals surface area contributed by atoms with E-state index in [4.69, 9.17) is 36.0 Å². The third-order valence-electron chi connectivity index (χ3n) is 12.1. The van der Waals surface area contributed by atoms with Crippen LogP contribution < -0.4 is 20.3 Å². The minimum absolute atomic E-state index is 0.0724. The zero-order valence-corrected chi connectivity index (χ0v) is 32.9. The van der Waals surface area contributed by atoms with E-state index in [9.17, 15) is 9.59 Å². The zero-order valence-electron chi connectivity index (χ0n) is 31.1. The monoisotopic (exact) mass is 775 g/mol. The summed E-state index contributed by atoms with van der Waals surface area (Å²) < 4.78 is 31.8. The van der Waals surface area contributed by atoms with E-state index in [2.05, 4.69) is 40.3 Å². The van der Waals surface area contributed by atoms with E-state index in [1.807, 2.05) is 11.0 Å². The van der Waals surface area contributed by atoms with E-state index in [1.165, 1.54) is 0 Å². The van der Waals surface area contributed by atoms with Crippen molar-refractivity contribution in [3.63, 3.8) is 0 Å². The largest absolute Gasteiger partial charge is 0.461 e. The first-order valence-corrected chi connectivity index (χ1v) is 23.4. The summed E-state index contributed by atoms with van der Waals surface area (Å²) in [5.74, 6) is -0.386. The number of nitrogens with zero attached hydrogens (tertiary/aromatic N) is 7. The number of nitrogens with one attached hydrogen (secondary N) is 2. The lowest BCUT2D eigenvalue weighted by Crippen LogP contribution is -2.58. The topological polar surface area (TPSA) is 140 Å². The summed E-state index contributed by atoms with van der Waals surface area (Å²) in [6.07, 6.45) is 10.6. The van der Waals surface area contributed by atoms with Crippen molar-refractivity contribution in [3.8, 4) is 17.3 Å². The predicted molar refractivity (Wildman–Crippen MR) is 206 cm³/mol. The Balaban J connectivity index is 1.14. The summed E-state index contributed by atoms with van der Waals surface area (Å²) >= 11 is 7.05. The van der Waals surface area contributed by atoms with Gasteiger partial charge >= 0.3 is 12.0 Å². The number of anilines is 1. The highest BCUT2D eigenvalue weighted by molar-refractivity contribution is 6.76. The van der Waals surface area contributed by atoms with Gasteiger partial charge < -0.3 is 19.7 Å². The van der Waals surface area contributed by atoms with Crippen LogP contribution in [0.2, 0.25) is 30.7 Å². The molecule has 4 aliphatic heterocycles. The fourth-order valence-corrected chi connectivity index (χ4v) is 10.2. The smallest absolute Gasteiger partial charge is 0.322 e. The Kier molecular flexibility index (Phi) is 8.86. The second kappa shape index (κ2) is 13.4. The lowest BCUT2D eigenvalue weighted by atomic mass is 9.89. The quantitative estimate of drug-likeness (QED) is 0.103. The minimum atomic E-state index is -1.27. The number of halogens is 2. The molecule has 3 amide bonds. The lowest BCUT2D eigenvalue weighted by molar-refractivity contribution is -0.124. The normalized spacial score (nSPS) is 22.8. The molecule has 7 heterocycles. The number of fused-ring (bicyclic) bond motifs is 3. The number of aromatic nitrogens is 5. The first-order valence-electron chi connectivity index (χ1n) is 19.3. The molecule has 0 bridgehead atoms. The predicted octanol–water partition coefficient (Wildman–Crippen LogP) is 6.21. The highest BCUT2D eigenvalue weighted by Gasteiger charge is 2.49. The summed E-state index contributed by atoms with van der Waals surface area (Å²) in [6.45, 7) is 11.0. The van der Waals surface area contributed by atoms with Gasteiger partial charge in [0.1, 0.15) is 35.9 Å². The molecular weight excluding hydrogens is 729 g/mol. The number of imide groups is 1. The average molecular weight is 776 g/mol. The van der Waals surface area contributed by atoms with Gasteiger partial charge in [0.25, 0.3) is 5.91 Å². The van der Waals surface area contributed by atoms with Gasteiger partial charge in [-0.15, -0.1) is 0 Å². The van der Waals surface area contributed by atoms with Crippen molar-refractivity contribution in [1.29, 1.82) is 0 Å². The molecule has 4 aromatic rings. The molecule has 13 nitrogen and oxygen atoms in total. The highest BCUT2D eigenvalue weighted by Crippen LogP contribution is 2.51. The van der Waals surface area contributed by atoms with E-state index < -0.39 is 25.5 Å². The average Bonchev–Trinajstić information content (AvgIpc) is 3.43. The van der Waals surface area contributed by atoms with Crippen LogP contribution in [0.4, 0.5) is 15.0 Å². The summed E-state index contributed by atoms with van der Waals surface area (Å²) in [7, 11) is -1.27. The molecule has 1 spiro atoms. The number of carbonyl (C=O) groups excluding carboxylic acids is 2. The number of pyridine rings is 1. The fourth-order valence-electron chi connectivity index (χ4n) is 9.07. The molecule has 1 aromatic carbocycles. The Morgan fingerprint density at radius 1 is 1.04 bits per heavy atom. The molecule has 5 aliphatic rings. The maximum atomic E-state index is 17.5. The second-order valence-corrected chi connectivity index (χ2v) is 23.1. The minimum Gasteiger partial charge on any atom is -0.461 e. The zero-order chi connectivity index (χ0) is 37.4. The summed E-state index contributed by atoms with van der Waals surface area (Å²) in [5, 5.41) is 11.6. The fraction of sp³-hybridized carbons (Fsp3) is 0.579. The summed E-state index contributed by atoms with van der Waals surface area (Å²) in [4.78, 5) is 44.2. The molecule has 16 heteroatoms. The molecule has 1 atom stereocenters. The number of hydrogen-bond acceptors (Lipinski definition) is 10. The molecule has 4 saturated heterocycles. The molecule has 0 unspecified atom stereocenters. The SMILES string of the molecule is C[Si](C)(C)CCOCn1ncc2c(-c3ncc4c(N5CCC[C@]6(C5)NC(=O)NC6=O)nc(OCC56CCCN5CCC6)nc4c3F)c(C3CC3)c(Cl)cc21. The van der Waals surface area contributed by atoms with Crippen LogP contribution in [0.25, 0.3) is 33.1 Å². The van der Waals surface area contributed by atoms with Gasteiger partial charge in [-0.25, -0.2) is 13.9 Å². The van der Waals surface area contributed by atoms with Crippen molar-refractivity contribution in [2.45, 2.75) is 101 Å². The molecule has 5 fully saturated rings. The van der Waals surface area contributed by atoms with Crippen molar-refractivity contribution in [3.05, 3.63) is 34.9 Å². The Morgan fingerprint density at radius 2 is 1.81 bits per heavy atom. The van der Waals surface area contributed by atoms with E-state index in [0.717, 1.165) is 74.1 Å². The highest BCUT2D eigenvalue weighted by atomic mass is 35.5. The molecule has 9 rings (SSSR count). The van der Waals surface area contributed by atoms with E-state index in [-0.39, 0.29) is 47.9 Å². The van der Waals surface area contributed by atoms with Gasteiger partial charge in [-0.05, 0) is 88.0 Å². The molecular formula is C38H47ClFN9O4Si. The van der Waals surface area contributed by atoms with Crippen LogP contribution in [0.15, 0.2) is 18.5 Å². The van der Waals surface area contributed by atoms with Crippen LogP contribution in [-0.4, -0.2) is 100 Å². The number of urea groups is 1. The van der Waals surface area contributed by atoms with Gasteiger partial charge in [-0.1, -0.05) is 31.2 Å². The van der Waals surface area contributed by atoms with Crippen molar-refractivity contribution >= 4 is 59.2 Å². The first-order chi connectivity index (χ1) is 25.9. The van der Waals surface area contributed by atoms with Crippen LogP contribution >= 0.6 is 11.6 Å². The number of benzene rings is 1. The van der Waals surface area contributed by atoms with Crippen molar-refractivity contribution in [1.82, 2.24) is 40.3 Å². The van der Waals surface area contributed by atoms with E-state index in [1.54, 1.807) is 17.1 Å². The van der Waals surface area contributed by atoms with Crippen LogP contribution in [0, 0.1) is 5.82 Å². The van der Waals surface area contributed by atoms with E-state index in [0.29, 0.717) is 54.4 Å². The Bertz CT molecular complexity index is 2160. The molecule has 286 valence electrons. The maximum Gasteiger partial charge on any atom is 0.322 e. The Morgan fingerprint density at radius 3 is 2.54 bits per heavy atom. The van der Waals surface area contributed by atoms with Crippen LogP contribution in [0.3, 0.4) is 0 Å². The Hall–Kier alpha value is -3.92. The van der Waals surface area contributed by atoms with Crippen molar-refractivity contribution in [2.24, 2.45) is 0 Å². The lowest BCUT2D eigenvalue weighted by Gasteiger charge is -2.39. The number of piperidine rings is 1. The van der Waals surface area contributed by atoms with Gasteiger partial charge in [-0.2, -0.15) is 15.1 Å². The van der Waals surface area contributed by atoms with Crippen LogP contribution in [0.5, 0.6) is 6.01 Å². The van der Waals surface area contributed by atoms with Gasteiger partial charge in [-0.3, -0.25) is 20.0 Å². The number of amides is 3. The molecule has 2 N–H and O–H groups in total. The molecule has 1 saturated carbocycles. The maximum absolute atomic E-state index is 17.5. The third-order valence-corrected chi connectivity index (χ3v) is 14.1. The summed E-state index contributed by atoms with van der Waals surface area (Å²) in [5.41, 5.74) is 1.24. The van der Waals surface area contributed by atoms with Crippen LogP contribution in [-0.2, 0) is 16.3 Å². The van der Waals surface area contributed by atoms with Crippen LogP contribution in [0.1, 0.15) is 62.8 Å². The molecule has 0 radical (unpaired) electrons. The molecule has 3 aromatic heterocycles. The standard InChI is InChI=1S/C38H47ClFN9O4Si/c1-54(2,3)16-15-52-22-49-27-17-26(39)28(23-7-8-23)29(24(27)19-42-49)32-30(40)31-25(18-41-32)33(47-12-6-11-38(20-47)34(50)45-35(51)46-38)44-36(43-31)53-21-37-9-4-13-48(37)14-5-10-37/h17-19,23H,4-16,20-22H2,1-3H3,(H2,45,46,50,51)/t38-/m1/s1. The number of ether oxygens (including phenoxy) is 2. The number of rotatable bonds is 11. The number of carbonyl (C=O) groups is 2. The molecule has 54 heavy (non-hydrogen) atoms. The molecule has 1 aliphatic carbocycles. The first kappa shape index (κ1) is 35.8. The van der Waals surface area contributed by atoms with Gasteiger partial charge in [0.2, 0.25) is 0 Å². The van der Waals surface area contributed by atoms with Gasteiger partial charge in [0.15, 0.2) is 5.82 Å². The summed E-state index contributed by atoms with van der Waals surface area (Å²) in [6, 6.07) is 2.50. The van der Waals surface area contributed by atoms with Gasteiger partial charge in [0, 0.05) is 43.4 Å². The van der Waals surface area contributed by atoms with Crippen molar-refractivity contribution < 1.29 is 23.5 Å². The second-order valence-electron chi connectivity index (χ2n) is 17.1. The third kappa shape index (κ3) is 6.30. The Labute approximate surface area is 319 Å². The van der Waals surface area contributed by atoms with Gasteiger partial charge in [0.05, 0.1) is 29.2 Å².